The minimum atomic E-state index is -1.42. The number of aliphatic hydroxyl groups is 1. The number of tetrazole rings is 1. The molecule has 0 aliphatic rings. The Kier molecular flexibility index (Phi) is 4.24. The Morgan fingerprint density at radius 3 is 2.57 bits per heavy atom. The van der Waals surface area contributed by atoms with E-state index in [9.17, 15) is 13.9 Å². The molecule has 0 fully saturated rings. The van der Waals surface area contributed by atoms with E-state index in [-0.39, 0.29) is 6.61 Å². The Morgan fingerprint density at radius 2 is 1.87 bits per heavy atom. The summed E-state index contributed by atoms with van der Waals surface area (Å²) in [6.45, 7) is -0.295. The van der Waals surface area contributed by atoms with Crippen LogP contribution >= 0.6 is 0 Å². The maximum absolute atomic E-state index is 13.6. The lowest BCUT2D eigenvalue weighted by molar-refractivity contribution is 0.101. The van der Waals surface area contributed by atoms with Crippen LogP contribution in [-0.2, 0) is 0 Å². The summed E-state index contributed by atoms with van der Waals surface area (Å²) in [6.07, 6.45) is -0.00392. The summed E-state index contributed by atoms with van der Waals surface area (Å²) in [5.41, 5.74) is 0.239. The Hall–Kier alpha value is -2.87. The highest BCUT2D eigenvalue weighted by atomic mass is 19.1. The zero-order chi connectivity index (χ0) is 16.2. The molecular weight excluding hydrogens is 306 g/mol. The number of nitrogens with zero attached hydrogens (tertiary/aromatic N) is 4. The van der Waals surface area contributed by atoms with E-state index in [1.807, 2.05) is 0 Å². The molecule has 1 N–H and O–H groups in total. The first kappa shape index (κ1) is 15.0. The smallest absolute Gasteiger partial charge is 0.143 e. The lowest BCUT2D eigenvalue weighted by Crippen LogP contribution is -2.13. The average molecular weight is 318 g/mol. The SMILES string of the molecule is OC(COc1cccc(-n2cnnn2)c1)c1c(F)cccc1F. The molecular formula is C15H12F2N4O2. The average Bonchev–Trinajstić information content (AvgIpc) is 3.07. The summed E-state index contributed by atoms with van der Waals surface area (Å²) in [4.78, 5) is 0. The molecule has 1 atom stereocenters. The minimum absolute atomic E-state index is 0.295. The summed E-state index contributed by atoms with van der Waals surface area (Å²) in [6, 6.07) is 10.2. The van der Waals surface area contributed by atoms with Gasteiger partial charge in [0, 0.05) is 6.07 Å². The van der Waals surface area contributed by atoms with E-state index in [0.717, 1.165) is 12.1 Å². The molecule has 1 aromatic heterocycles. The normalized spacial score (nSPS) is 12.1. The number of halogens is 2. The zero-order valence-electron chi connectivity index (χ0n) is 11.8. The van der Waals surface area contributed by atoms with Crippen LogP contribution < -0.4 is 4.74 Å². The van der Waals surface area contributed by atoms with Crippen LogP contribution in [0.15, 0.2) is 48.8 Å². The van der Waals surface area contributed by atoms with Crippen molar-refractivity contribution >= 4 is 0 Å². The highest BCUT2D eigenvalue weighted by molar-refractivity contribution is 5.38. The van der Waals surface area contributed by atoms with Gasteiger partial charge in [0.05, 0.1) is 11.3 Å². The summed E-state index contributed by atoms with van der Waals surface area (Å²) >= 11 is 0. The van der Waals surface area contributed by atoms with Crippen molar-refractivity contribution in [3.8, 4) is 11.4 Å². The molecule has 0 saturated heterocycles. The van der Waals surface area contributed by atoms with Gasteiger partial charge >= 0.3 is 0 Å². The molecule has 2 aromatic carbocycles. The molecule has 6 nitrogen and oxygen atoms in total. The van der Waals surface area contributed by atoms with Crippen LogP contribution in [0.5, 0.6) is 5.75 Å². The van der Waals surface area contributed by atoms with Crippen LogP contribution in [0.4, 0.5) is 8.78 Å². The van der Waals surface area contributed by atoms with Crippen molar-refractivity contribution in [1.29, 1.82) is 0 Å². The molecule has 0 aliphatic carbocycles. The maximum Gasteiger partial charge on any atom is 0.143 e. The number of aliphatic hydroxyl groups excluding tert-OH is 1. The summed E-state index contributed by atoms with van der Waals surface area (Å²) in [5, 5.41) is 20.8. The molecule has 1 heterocycles. The van der Waals surface area contributed by atoms with Crippen molar-refractivity contribution < 1.29 is 18.6 Å². The van der Waals surface area contributed by atoms with E-state index in [1.54, 1.807) is 24.3 Å². The van der Waals surface area contributed by atoms with Crippen LogP contribution in [0, 0.1) is 11.6 Å². The number of benzene rings is 2. The molecule has 23 heavy (non-hydrogen) atoms. The quantitative estimate of drug-likeness (QED) is 0.779. The Morgan fingerprint density at radius 1 is 1.13 bits per heavy atom. The van der Waals surface area contributed by atoms with Crippen molar-refractivity contribution in [2.24, 2.45) is 0 Å². The van der Waals surface area contributed by atoms with E-state index >= 15 is 0 Å². The Bertz CT molecular complexity index is 776. The monoisotopic (exact) mass is 318 g/mol. The van der Waals surface area contributed by atoms with E-state index in [1.165, 1.54) is 17.1 Å². The van der Waals surface area contributed by atoms with Gasteiger partial charge in [-0.05, 0) is 34.7 Å². The second kappa shape index (κ2) is 6.49. The van der Waals surface area contributed by atoms with E-state index in [0.29, 0.717) is 11.4 Å². The lowest BCUT2D eigenvalue weighted by atomic mass is 10.1. The van der Waals surface area contributed by atoms with Crippen molar-refractivity contribution in [2.45, 2.75) is 6.10 Å². The molecule has 0 saturated carbocycles. The fourth-order valence-corrected chi connectivity index (χ4v) is 2.08. The third-order valence-electron chi connectivity index (χ3n) is 3.17. The van der Waals surface area contributed by atoms with Crippen LogP contribution in [0.2, 0.25) is 0 Å². The molecule has 3 rings (SSSR count). The van der Waals surface area contributed by atoms with Gasteiger partial charge in [0.15, 0.2) is 0 Å². The summed E-state index contributed by atoms with van der Waals surface area (Å²) in [5.74, 6) is -1.22. The van der Waals surface area contributed by atoms with Crippen LogP contribution in [0.25, 0.3) is 5.69 Å². The number of hydrogen-bond acceptors (Lipinski definition) is 5. The highest BCUT2D eigenvalue weighted by Gasteiger charge is 2.18. The molecule has 0 bridgehead atoms. The molecule has 118 valence electrons. The molecule has 1 unspecified atom stereocenters. The largest absolute Gasteiger partial charge is 0.490 e. The molecule has 8 heteroatoms. The predicted molar refractivity (Wildman–Crippen MR) is 76.0 cm³/mol. The third kappa shape index (κ3) is 3.32. The molecule has 0 radical (unpaired) electrons. The van der Waals surface area contributed by atoms with E-state index in [4.69, 9.17) is 4.74 Å². The van der Waals surface area contributed by atoms with E-state index < -0.39 is 23.3 Å². The maximum atomic E-state index is 13.6. The molecule has 3 aromatic rings. The first-order chi connectivity index (χ1) is 11.1. The summed E-state index contributed by atoms with van der Waals surface area (Å²) < 4.78 is 34.0. The van der Waals surface area contributed by atoms with Crippen LogP contribution in [-0.4, -0.2) is 31.9 Å². The van der Waals surface area contributed by atoms with Gasteiger partial charge in [-0.25, -0.2) is 13.5 Å². The number of ether oxygens (including phenoxy) is 1. The minimum Gasteiger partial charge on any atom is -0.490 e. The van der Waals surface area contributed by atoms with Crippen LogP contribution in [0.3, 0.4) is 0 Å². The fourth-order valence-electron chi connectivity index (χ4n) is 2.08. The first-order valence-corrected chi connectivity index (χ1v) is 6.73. The zero-order valence-corrected chi connectivity index (χ0v) is 11.8. The first-order valence-electron chi connectivity index (χ1n) is 6.73. The van der Waals surface area contributed by atoms with Crippen molar-refractivity contribution in [3.63, 3.8) is 0 Å². The van der Waals surface area contributed by atoms with Gasteiger partial charge in [0.1, 0.15) is 36.4 Å². The Labute approximate surface area is 129 Å². The second-order valence-electron chi connectivity index (χ2n) is 4.71. The van der Waals surface area contributed by atoms with Gasteiger partial charge in [-0.3, -0.25) is 0 Å². The summed E-state index contributed by atoms with van der Waals surface area (Å²) in [7, 11) is 0. The topological polar surface area (TPSA) is 73.1 Å². The second-order valence-corrected chi connectivity index (χ2v) is 4.71. The number of rotatable bonds is 5. The predicted octanol–water partition coefficient (Wildman–Crippen LogP) is 2.05. The number of aromatic nitrogens is 4. The molecule has 0 spiro atoms. The van der Waals surface area contributed by atoms with Gasteiger partial charge in [-0.1, -0.05) is 12.1 Å². The highest BCUT2D eigenvalue weighted by Crippen LogP contribution is 2.22. The van der Waals surface area contributed by atoms with E-state index in [2.05, 4.69) is 15.5 Å². The van der Waals surface area contributed by atoms with Crippen molar-refractivity contribution in [3.05, 3.63) is 66.0 Å². The van der Waals surface area contributed by atoms with Gasteiger partial charge < -0.3 is 9.84 Å². The van der Waals surface area contributed by atoms with Gasteiger partial charge in [0.2, 0.25) is 0 Å². The fraction of sp³-hybridized carbons (Fsp3) is 0.133. The van der Waals surface area contributed by atoms with Crippen LogP contribution in [0.1, 0.15) is 11.7 Å². The van der Waals surface area contributed by atoms with Gasteiger partial charge in [0.25, 0.3) is 0 Å². The van der Waals surface area contributed by atoms with Crippen molar-refractivity contribution in [2.75, 3.05) is 6.61 Å². The standard InChI is InChI=1S/C15H12F2N4O2/c16-12-5-2-6-13(17)15(12)14(22)8-23-11-4-1-3-10(7-11)21-9-18-19-20-21/h1-7,9,14,22H,8H2. The van der Waals surface area contributed by atoms with Crippen molar-refractivity contribution in [1.82, 2.24) is 20.2 Å². The Balaban J connectivity index is 1.72. The molecule has 0 amide bonds. The number of hydrogen-bond donors (Lipinski definition) is 1. The van der Waals surface area contributed by atoms with Gasteiger partial charge in [-0.15, -0.1) is 5.10 Å². The van der Waals surface area contributed by atoms with Gasteiger partial charge in [-0.2, -0.15) is 0 Å². The lowest BCUT2D eigenvalue weighted by Gasteiger charge is -2.14. The molecule has 0 aliphatic heterocycles. The third-order valence-corrected chi connectivity index (χ3v) is 3.17.